The highest BCUT2D eigenvalue weighted by Gasteiger charge is 2.12. The second-order valence-corrected chi connectivity index (χ2v) is 5.42. The van der Waals surface area contributed by atoms with E-state index in [0.29, 0.717) is 12.4 Å². The molecular weight excluding hydrogens is 260 g/mol. The van der Waals surface area contributed by atoms with Gasteiger partial charge in [0.15, 0.2) is 11.5 Å². The molecule has 3 heterocycles. The van der Waals surface area contributed by atoms with E-state index in [4.69, 9.17) is 5.73 Å². The van der Waals surface area contributed by atoms with Gasteiger partial charge in [-0.15, -0.1) is 11.3 Å². The Balaban J connectivity index is 1.96. The van der Waals surface area contributed by atoms with Crippen molar-refractivity contribution >= 4 is 28.6 Å². The van der Waals surface area contributed by atoms with Gasteiger partial charge in [-0.05, 0) is 6.92 Å². The highest BCUT2D eigenvalue weighted by Crippen LogP contribution is 2.20. The van der Waals surface area contributed by atoms with E-state index in [9.17, 15) is 0 Å². The third kappa shape index (κ3) is 2.24. The Labute approximate surface area is 114 Å². The predicted molar refractivity (Wildman–Crippen MR) is 76.4 cm³/mol. The summed E-state index contributed by atoms with van der Waals surface area (Å²) < 4.78 is 1.88. The average molecular weight is 274 g/mol. The Morgan fingerprint density at radius 1 is 1.42 bits per heavy atom. The van der Waals surface area contributed by atoms with Gasteiger partial charge in [0.25, 0.3) is 0 Å². The van der Waals surface area contributed by atoms with Crippen LogP contribution in [0, 0.1) is 6.92 Å². The lowest BCUT2D eigenvalue weighted by Gasteiger charge is -2.17. The van der Waals surface area contributed by atoms with Gasteiger partial charge >= 0.3 is 0 Å². The number of fused-ring (bicyclic) bond motifs is 1. The molecule has 0 aliphatic carbocycles. The maximum Gasteiger partial charge on any atom is 0.180 e. The topological polar surface area (TPSA) is 72.3 Å². The van der Waals surface area contributed by atoms with Crippen molar-refractivity contribution in [2.45, 2.75) is 13.5 Å². The molecule has 0 atom stereocenters. The molecule has 0 amide bonds. The zero-order valence-electron chi connectivity index (χ0n) is 10.7. The fraction of sp³-hybridized carbons (Fsp3) is 0.250. The predicted octanol–water partition coefficient (Wildman–Crippen LogP) is 1.71. The van der Waals surface area contributed by atoms with Gasteiger partial charge < -0.3 is 15.0 Å². The third-order valence-corrected chi connectivity index (χ3v) is 3.62. The highest BCUT2D eigenvalue weighted by molar-refractivity contribution is 7.09. The van der Waals surface area contributed by atoms with Crippen molar-refractivity contribution in [2.24, 2.45) is 0 Å². The molecule has 7 heteroatoms. The van der Waals surface area contributed by atoms with Gasteiger partial charge in [-0.1, -0.05) is 0 Å². The van der Waals surface area contributed by atoms with Crippen molar-refractivity contribution in [2.75, 3.05) is 17.7 Å². The number of anilines is 2. The number of hydrogen-bond donors (Lipinski definition) is 1. The van der Waals surface area contributed by atoms with Crippen LogP contribution in [0.4, 0.5) is 11.6 Å². The van der Waals surface area contributed by atoms with Crippen LogP contribution in [0.15, 0.2) is 24.0 Å². The molecule has 6 nitrogen and oxygen atoms in total. The third-order valence-electron chi connectivity index (χ3n) is 2.80. The Morgan fingerprint density at radius 3 is 3.00 bits per heavy atom. The first-order valence-electron chi connectivity index (χ1n) is 5.85. The summed E-state index contributed by atoms with van der Waals surface area (Å²) in [6.45, 7) is 2.68. The number of aryl methyl sites for hydroxylation is 1. The molecule has 98 valence electrons. The molecular formula is C12H14N6S. The zero-order valence-corrected chi connectivity index (χ0v) is 11.6. The maximum atomic E-state index is 5.82. The summed E-state index contributed by atoms with van der Waals surface area (Å²) in [4.78, 5) is 15.1. The lowest BCUT2D eigenvalue weighted by atomic mass is 10.4. The summed E-state index contributed by atoms with van der Waals surface area (Å²) in [5.74, 6) is 1.23. The van der Waals surface area contributed by atoms with Gasteiger partial charge in [-0.25, -0.2) is 15.0 Å². The monoisotopic (exact) mass is 274 g/mol. The van der Waals surface area contributed by atoms with Crippen molar-refractivity contribution in [3.63, 3.8) is 0 Å². The highest BCUT2D eigenvalue weighted by atomic mass is 32.1. The van der Waals surface area contributed by atoms with E-state index in [1.165, 1.54) is 0 Å². The molecule has 19 heavy (non-hydrogen) atoms. The van der Waals surface area contributed by atoms with Gasteiger partial charge in [-0.3, -0.25) is 0 Å². The molecule has 0 spiro atoms. The van der Waals surface area contributed by atoms with E-state index in [-0.39, 0.29) is 0 Å². The Bertz CT molecular complexity index is 716. The quantitative estimate of drug-likeness (QED) is 0.787. The van der Waals surface area contributed by atoms with Crippen LogP contribution in [0.2, 0.25) is 0 Å². The summed E-state index contributed by atoms with van der Waals surface area (Å²) in [6, 6.07) is 0. The van der Waals surface area contributed by atoms with Crippen molar-refractivity contribution < 1.29 is 0 Å². The maximum absolute atomic E-state index is 5.82. The summed E-state index contributed by atoms with van der Waals surface area (Å²) in [5, 5.41) is 3.12. The molecule has 2 N–H and O–H groups in total. The average Bonchev–Trinajstić information content (AvgIpc) is 2.96. The van der Waals surface area contributed by atoms with Crippen LogP contribution in [-0.2, 0) is 6.54 Å². The van der Waals surface area contributed by atoms with Crippen molar-refractivity contribution in [3.05, 3.63) is 34.7 Å². The summed E-state index contributed by atoms with van der Waals surface area (Å²) in [6.07, 6.45) is 5.35. The minimum Gasteiger partial charge on any atom is -0.382 e. The van der Waals surface area contributed by atoms with Crippen LogP contribution >= 0.6 is 11.3 Å². The summed E-state index contributed by atoms with van der Waals surface area (Å²) in [7, 11) is 1.96. The molecule has 3 rings (SSSR count). The molecule has 0 radical (unpaired) electrons. The number of nitrogens with two attached hydrogens (primary N) is 1. The summed E-state index contributed by atoms with van der Waals surface area (Å²) in [5.41, 5.74) is 7.64. The largest absolute Gasteiger partial charge is 0.382 e. The van der Waals surface area contributed by atoms with E-state index in [2.05, 4.69) is 20.3 Å². The normalized spacial score (nSPS) is 11.1. The number of thiazole rings is 1. The Morgan fingerprint density at radius 2 is 2.26 bits per heavy atom. The van der Waals surface area contributed by atoms with Crippen LogP contribution < -0.4 is 10.6 Å². The number of aromatic nitrogens is 4. The van der Waals surface area contributed by atoms with E-state index < -0.39 is 0 Å². The van der Waals surface area contributed by atoms with Gasteiger partial charge in [0.2, 0.25) is 0 Å². The van der Waals surface area contributed by atoms with Gasteiger partial charge in [-0.2, -0.15) is 0 Å². The molecule has 0 aromatic carbocycles. The molecule has 0 aliphatic heterocycles. The first-order valence-corrected chi connectivity index (χ1v) is 6.73. The number of rotatable bonds is 3. The van der Waals surface area contributed by atoms with Crippen molar-refractivity contribution in [3.8, 4) is 0 Å². The standard InChI is InChI=1S/C12H14N6S/c1-8-15-9(7-19-8)5-17(2)12-11-14-3-4-18(11)6-10(13)16-12/h3-4,6-7H,5,13H2,1-2H3. The molecule has 0 saturated carbocycles. The number of nitrogen functional groups attached to an aromatic ring is 1. The SMILES string of the molecule is Cc1nc(CN(C)c2nc(N)cn3ccnc23)cs1. The van der Waals surface area contributed by atoms with Crippen LogP contribution in [-0.4, -0.2) is 26.4 Å². The molecule has 0 fully saturated rings. The van der Waals surface area contributed by atoms with E-state index in [1.54, 1.807) is 23.7 Å². The van der Waals surface area contributed by atoms with E-state index >= 15 is 0 Å². The Hall–Kier alpha value is -2.15. The number of imidazole rings is 1. The second kappa shape index (κ2) is 4.51. The summed E-state index contributed by atoms with van der Waals surface area (Å²) >= 11 is 1.65. The van der Waals surface area contributed by atoms with Crippen molar-refractivity contribution in [1.29, 1.82) is 0 Å². The first-order chi connectivity index (χ1) is 9.13. The molecule has 3 aromatic rings. The van der Waals surface area contributed by atoms with Crippen molar-refractivity contribution in [1.82, 2.24) is 19.4 Å². The van der Waals surface area contributed by atoms with E-state index in [0.717, 1.165) is 22.2 Å². The minimum absolute atomic E-state index is 0.474. The minimum atomic E-state index is 0.474. The van der Waals surface area contributed by atoms with Crippen LogP contribution in [0.1, 0.15) is 10.7 Å². The molecule has 3 aromatic heterocycles. The number of hydrogen-bond acceptors (Lipinski definition) is 6. The van der Waals surface area contributed by atoms with Crippen LogP contribution in [0.25, 0.3) is 5.65 Å². The number of nitrogens with zero attached hydrogens (tertiary/aromatic N) is 5. The van der Waals surface area contributed by atoms with E-state index in [1.807, 2.05) is 29.5 Å². The van der Waals surface area contributed by atoms with Gasteiger partial charge in [0.1, 0.15) is 5.82 Å². The zero-order chi connectivity index (χ0) is 13.4. The van der Waals surface area contributed by atoms with Gasteiger partial charge in [0.05, 0.1) is 23.4 Å². The van der Waals surface area contributed by atoms with Gasteiger partial charge in [0, 0.05) is 24.8 Å². The first kappa shape index (κ1) is 11.9. The van der Waals surface area contributed by atoms with Crippen LogP contribution in [0.5, 0.6) is 0 Å². The lowest BCUT2D eigenvalue weighted by Crippen LogP contribution is -2.19. The molecule has 0 saturated heterocycles. The Kier molecular flexibility index (Phi) is 2.83. The van der Waals surface area contributed by atoms with Crippen LogP contribution in [0.3, 0.4) is 0 Å². The fourth-order valence-corrected chi connectivity index (χ4v) is 2.59. The molecule has 0 aliphatic rings. The molecule has 0 bridgehead atoms. The smallest absolute Gasteiger partial charge is 0.180 e. The fourth-order valence-electron chi connectivity index (χ4n) is 1.99. The second-order valence-electron chi connectivity index (χ2n) is 4.36. The lowest BCUT2D eigenvalue weighted by molar-refractivity contribution is 0.868. The molecule has 0 unspecified atom stereocenters.